The van der Waals surface area contributed by atoms with Crippen LogP contribution in [0.2, 0.25) is 0 Å². The Kier molecular flexibility index (Phi) is 4.80. The van der Waals surface area contributed by atoms with E-state index in [2.05, 4.69) is 4.40 Å². The zero-order valence-corrected chi connectivity index (χ0v) is 15.9. The molecule has 0 aliphatic heterocycles. The summed E-state index contributed by atoms with van der Waals surface area (Å²) in [5, 5.41) is 12.6. The molecule has 1 aliphatic rings. The van der Waals surface area contributed by atoms with E-state index in [1.54, 1.807) is 49.6 Å². The number of carbonyl (C=O) groups excluding carboxylic acids is 1. The van der Waals surface area contributed by atoms with Crippen LogP contribution in [0.1, 0.15) is 19.4 Å². The van der Waals surface area contributed by atoms with E-state index in [4.69, 9.17) is 0 Å². The summed E-state index contributed by atoms with van der Waals surface area (Å²) >= 11 is 0. The third-order valence-electron chi connectivity index (χ3n) is 4.41. The molecule has 27 heavy (non-hydrogen) atoms. The molecule has 6 nitrogen and oxygen atoms in total. The molecule has 0 bridgehead atoms. The first-order valence-corrected chi connectivity index (χ1v) is 9.69. The number of Topliss-reactive ketones (excluding diaryl/α,β-unsaturated/α-hetero) is 1. The molecule has 1 aliphatic carbocycles. The van der Waals surface area contributed by atoms with Gasteiger partial charge in [0.25, 0.3) is 21.5 Å². The summed E-state index contributed by atoms with van der Waals surface area (Å²) in [4.78, 5) is 12.9. The zero-order chi connectivity index (χ0) is 19.8. The van der Waals surface area contributed by atoms with Crippen molar-refractivity contribution in [2.24, 2.45) is 4.40 Å². The van der Waals surface area contributed by atoms with Gasteiger partial charge in [-0.2, -0.15) is 17.4 Å². The van der Waals surface area contributed by atoms with Crippen molar-refractivity contribution in [3.05, 3.63) is 77.3 Å². The first-order valence-electron chi connectivity index (χ1n) is 8.25. The average Bonchev–Trinajstić information content (AvgIpc) is 2.65. The van der Waals surface area contributed by atoms with E-state index in [1.165, 1.54) is 23.6 Å². The second kappa shape index (κ2) is 6.92. The highest BCUT2D eigenvalue weighted by molar-refractivity contribution is 7.90. The van der Waals surface area contributed by atoms with Crippen molar-refractivity contribution in [2.75, 3.05) is 0 Å². The highest BCUT2D eigenvalue weighted by Gasteiger charge is 2.34. The van der Waals surface area contributed by atoms with Crippen molar-refractivity contribution in [1.29, 1.82) is 0 Å². The normalized spacial score (nSPS) is 17.0. The Balaban J connectivity index is 2.16. The summed E-state index contributed by atoms with van der Waals surface area (Å²) in [5.41, 5.74) is 1.08. The quantitative estimate of drug-likeness (QED) is 0.595. The van der Waals surface area contributed by atoms with Crippen molar-refractivity contribution in [2.45, 2.75) is 25.7 Å². The van der Waals surface area contributed by atoms with Crippen LogP contribution in [0.3, 0.4) is 0 Å². The number of hydrogen-bond donors (Lipinski definition) is 0. The maximum absolute atomic E-state index is 12.9. The number of benzene rings is 1. The number of allylic oxidation sites excluding steroid dienone is 3. The maximum Gasteiger partial charge on any atom is 0.282 e. The van der Waals surface area contributed by atoms with Crippen LogP contribution < -0.4 is 9.67 Å². The molecule has 1 heterocycles. The minimum atomic E-state index is -4.09. The highest BCUT2D eigenvalue weighted by atomic mass is 32.2. The lowest BCUT2D eigenvalue weighted by Gasteiger charge is -2.22. The molecular formula is C20H18N2O4S. The summed E-state index contributed by atoms with van der Waals surface area (Å²) in [6, 6.07) is 11.3. The van der Waals surface area contributed by atoms with Crippen LogP contribution in [0.4, 0.5) is 0 Å². The first-order chi connectivity index (χ1) is 12.7. The number of aryl methyl sites for hydroxylation is 1. The molecule has 0 N–H and O–H groups in total. The average molecular weight is 382 g/mol. The monoisotopic (exact) mass is 382 g/mol. The van der Waals surface area contributed by atoms with Crippen molar-refractivity contribution < 1.29 is 22.9 Å². The van der Waals surface area contributed by atoms with Gasteiger partial charge in [0, 0.05) is 12.1 Å². The SMILES string of the molecule is CC1=C(C)C([O-])=C([n+]2ccccc2)C(=O)C1=NS(=O)(=O)c1ccc(C)cc1. The lowest BCUT2D eigenvalue weighted by atomic mass is 9.93. The number of sulfonamides is 1. The van der Waals surface area contributed by atoms with Gasteiger partial charge in [-0.15, -0.1) is 0 Å². The molecule has 0 unspecified atom stereocenters. The topological polar surface area (TPSA) is 90.5 Å². The Labute approximate surface area is 157 Å². The standard InChI is InChI=1S/C20H18N2O4S/c1-13-7-9-16(10-8-13)27(25,26)21-17-14(2)15(3)19(23)18(20(17)24)22-11-5-4-6-12-22/h4-12H,1-3H3. The molecular weight excluding hydrogens is 364 g/mol. The van der Waals surface area contributed by atoms with Gasteiger partial charge in [0.1, 0.15) is 5.71 Å². The Bertz CT molecular complexity index is 1110. The molecule has 0 radical (unpaired) electrons. The summed E-state index contributed by atoms with van der Waals surface area (Å²) in [7, 11) is -4.09. The van der Waals surface area contributed by atoms with Gasteiger partial charge in [-0.3, -0.25) is 4.79 Å². The van der Waals surface area contributed by atoms with Crippen LogP contribution in [0.15, 0.2) is 81.1 Å². The number of ketones is 1. The summed E-state index contributed by atoms with van der Waals surface area (Å²) in [5.74, 6) is -1.16. The van der Waals surface area contributed by atoms with Gasteiger partial charge in [-0.1, -0.05) is 23.8 Å². The van der Waals surface area contributed by atoms with Crippen LogP contribution in [-0.4, -0.2) is 19.9 Å². The summed E-state index contributed by atoms with van der Waals surface area (Å²) in [6.45, 7) is 4.93. The van der Waals surface area contributed by atoms with Gasteiger partial charge in [0.2, 0.25) is 0 Å². The van der Waals surface area contributed by atoms with Crippen LogP contribution >= 0.6 is 0 Å². The van der Waals surface area contributed by atoms with Crippen molar-refractivity contribution in [3.8, 4) is 0 Å². The maximum atomic E-state index is 12.9. The molecule has 0 saturated carbocycles. The van der Waals surface area contributed by atoms with E-state index in [0.29, 0.717) is 5.57 Å². The van der Waals surface area contributed by atoms with Crippen molar-refractivity contribution in [1.82, 2.24) is 0 Å². The van der Waals surface area contributed by atoms with E-state index in [9.17, 15) is 18.3 Å². The lowest BCUT2D eigenvalue weighted by Crippen LogP contribution is -2.43. The molecule has 1 aromatic heterocycles. The van der Waals surface area contributed by atoms with Gasteiger partial charge < -0.3 is 5.11 Å². The zero-order valence-electron chi connectivity index (χ0n) is 15.1. The third kappa shape index (κ3) is 3.46. The minimum absolute atomic E-state index is 0.00957. The van der Waals surface area contributed by atoms with E-state index < -0.39 is 21.6 Å². The molecule has 0 fully saturated rings. The van der Waals surface area contributed by atoms with Gasteiger partial charge in [0.05, 0.1) is 4.90 Å². The van der Waals surface area contributed by atoms with E-state index in [-0.39, 0.29) is 21.9 Å². The Morgan fingerprint density at radius 1 is 0.926 bits per heavy atom. The van der Waals surface area contributed by atoms with Gasteiger partial charge in [0.15, 0.2) is 12.4 Å². The summed E-state index contributed by atoms with van der Waals surface area (Å²) in [6.07, 6.45) is 3.12. The molecule has 0 atom stereocenters. The Morgan fingerprint density at radius 3 is 2.11 bits per heavy atom. The van der Waals surface area contributed by atoms with Crippen LogP contribution in [0, 0.1) is 6.92 Å². The van der Waals surface area contributed by atoms with Crippen molar-refractivity contribution >= 4 is 27.2 Å². The predicted octanol–water partition coefficient (Wildman–Crippen LogP) is 1.56. The number of pyridine rings is 1. The van der Waals surface area contributed by atoms with Gasteiger partial charge in [-0.05, 0) is 49.8 Å². The largest absolute Gasteiger partial charge is 0.868 e. The molecule has 3 rings (SSSR count). The van der Waals surface area contributed by atoms with Crippen molar-refractivity contribution in [3.63, 3.8) is 0 Å². The van der Waals surface area contributed by atoms with Gasteiger partial charge in [-0.25, -0.2) is 0 Å². The second-order valence-corrected chi connectivity index (χ2v) is 7.87. The number of hydrogen-bond acceptors (Lipinski definition) is 4. The molecule has 0 saturated heterocycles. The summed E-state index contributed by atoms with van der Waals surface area (Å²) < 4.78 is 30.5. The fraction of sp³-hybridized carbons (Fsp3) is 0.150. The number of aromatic nitrogens is 1. The predicted molar refractivity (Wildman–Crippen MR) is 99.0 cm³/mol. The molecule has 7 heteroatoms. The molecule has 0 spiro atoms. The van der Waals surface area contributed by atoms with E-state index >= 15 is 0 Å². The minimum Gasteiger partial charge on any atom is -0.868 e. The highest BCUT2D eigenvalue weighted by Crippen LogP contribution is 2.25. The Hall–Kier alpha value is -3.06. The molecule has 1 aromatic carbocycles. The van der Waals surface area contributed by atoms with E-state index in [1.807, 2.05) is 6.92 Å². The third-order valence-corrected chi connectivity index (χ3v) is 5.70. The number of rotatable bonds is 3. The molecule has 2 aromatic rings. The van der Waals surface area contributed by atoms with Gasteiger partial charge >= 0.3 is 0 Å². The first kappa shape index (κ1) is 18.7. The second-order valence-electron chi connectivity index (χ2n) is 6.27. The smallest absolute Gasteiger partial charge is 0.282 e. The van der Waals surface area contributed by atoms with Crippen LogP contribution in [0.5, 0.6) is 0 Å². The molecule has 138 valence electrons. The van der Waals surface area contributed by atoms with E-state index in [0.717, 1.165) is 5.56 Å². The number of carbonyl (C=O) groups is 1. The lowest BCUT2D eigenvalue weighted by molar-refractivity contribution is -0.581. The van der Waals surface area contributed by atoms with Crippen LogP contribution in [-0.2, 0) is 14.8 Å². The fourth-order valence-corrected chi connectivity index (χ4v) is 3.73. The van der Waals surface area contributed by atoms with Crippen LogP contribution in [0.25, 0.3) is 5.70 Å². The number of nitrogens with zero attached hydrogens (tertiary/aromatic N) is 2. The molecule has 0 amide bonds. The Morgan fingerprint density at radius 2 is 1.52 bits per heavy atom. The fourth-order valence-electron chi connectivity index (χ4n) is 2.69.